The fourth-order valence-electron chi connectivity index (χ4n) is 5.08. The van der Waals surface area contributed by atoms with Crippen molar-refractivity contribution in [3.63, 3.8) is 0 Å². The molecule has 6 heteroatoms. The first-order chi connectivity index (χ1) is 16.4. The molecule has 35 heavy (non-hydrogen) atoms. The summed E-state index contributed by atoms with van der Waals surface area (Å²) in [6.45, 7) is 11.1. The SMILES string of the molecule is CC1=C(CN2C/C(=C\c3ccc(F)cc3)C(=O)/C(=C/c3ccc(F)cc3)C2)C(C)(C)N([O])C1(C)C. The number of Topliss-reactive ketones (excluding diaryl/α,β-unsaturated/α-hetero) is 1. The lowest BCUT2D eigenvalue weighted by Gasteiger charge is -2.36. The Balaban J connectivity index is 1.72. The predicted molar refractivity (Wildman–Crippen MR) is 134 cm³/mol. The van der Waals surface area contributed by atoms with Crippen molar-refractivity contribution in [3.05, 3.63) is 93.6 Å². The summed E-state index contributed by atoms with van der Waals surface area (Å²) in [6.07, 6.45) is 3.58. The summed E-state index contributed by atoms with van der Waals surface area (Å²) in [5.74, 6) is -0.760. The lowest BCUT2D eigenvalue weighted by molar-refractivity contribution is -0.240. The minimum absolute atomic E-state index is 0.0861. The van der Waals surface area contributed by atoms with E-state index in [0.29, 0.717) is 30.8 Å². The molecule has 0 bridgehead atoms. The van der Waals surface area contributed by atoms with Crippen molar-refractivity contribution in [3.8, 4) is 0 Å². The lowest BCUT2D eigenvalue weighted by Crippen LogP contribution is -2.49. The zero-order valence-electron chi connectivity index (χ0n) is 20.9. The Hall–Kier alpha value is -2.93. The molecular formula is C29H31F2N2O2. The summed E-state index contributed by atoms with van der Waals surface area (Å²) in [5.41, 5.74) is 3.46. The van der Waals surface area contributed by atoms with E-state index in [1.54, 1.807) is 36.4 Å². The molecule has 2 aliphatic rings. The van der Waals surface area contributed by atoms with Gasteiger partial charge in [0.15, 0.2) is 5.78 Å². The van der Waals surface area contributed by atoms with E-state index in [2.05, 4.69) is 4.90 Å². The standard InChI is InChI=1S/C29H31F2N2O2/c1-19-26(29(4,5)33(35)28(19,2)3)18-32-16-22(14-20-6-10-24(30)11-7-20)27(34)23(17-32)15-21-8-12-25(31)13-9-21/h6-15H,16-18H2,1-5H3/b22-14+,23-15+. The third kappa shape index (κ3) is 4.92. The van der Waals surface area contributed by atoms with Crippen LogP contribution >= 0.6 is 0 Å². The molecule has 1 fully saturated rings. The molecule has 183 valence electrons. The number of benzene rings is 2. The number of hydrogen-bond donors (Lipinski definition) is 0. The molecule has 0 N–H and O–H groups in total. The molecule has 2 aromatic rings. The number of likely N-dealkylation sites (tertiary alicyclic amines) is 1. The normalized spacial score (nSPS) is 23.0. The zero-order chi connectivity index (χ0) is 25.5. The number of nitrogens with zero attached hydrogens (tertiary/aromatic N) is 2. The molecule has 0 unspecified atom stereocenters. The van der Waals surface area contributed by atoms with Gasteiger partial charge in [-0.15, -0.1) is 10.3 Å². The van der Waals surface area contributed by atoms with E-state index in [0.717, 1.165) is 27.3 Å². The molecule has 2 heterocycles. The van der Waals surface area contributed by atoms with Gasteiger partial charge >= 0.3 is 0 Å². The number of hydroxylamine groups is 2. The maximum absolute atomic E-state index is 13.4. The molecule has 0 aliphatic carbocycles. The van der Waals surface area contributed by atoms with Gasteiger partial charge in [-0.2, -0.15) is 0 Å². The Labute approximate surface area is 205 Å². The van der Waals surface area contributed by atoms with Gasteiger partial charge < -0.3 is 0 Å². The Morgan fingerprint density at radius 2 is 1.23 bits per heavy atom. The lowest BCUT2D eigenvalue weighted by atomic mass is 9.89. The van der Waals surface area contributed by atoms with Gasteiger partial charge in [0, 0.05) is 30.8 Å². The van der Waals surface area contributed by atoms with Crippen molar-refractivity contribution in [1.29, 1.82) is 0 Å². The Kier molecular flexibility index (Phi) is 6.66. The van der Waals surface area contributed by atoms with Crippen LogP contribution in [0.25, 0.3) is 12.2 Å². The topological polar surface area (TPSA) is 43.5 Å². The second kappa shape index (κ2) is 9.26. The van der Waals surface area contributed by atoms with E-state index in [1.807, 2.05) is 34.6 Å². The third-order valence-electron chi connectivity index (χ3n) is 7.30. The molecule has 0 amide bonds. The average molecular weight is 478 g/mol. The summed E-state index contributed by atoms with van der Waals surface area (Å²) in [4.78, 5) is 15.6. The fourth-order valence-corrected chi connectivity index (χ4v) is 5.08. The summed E-state index contributed by atoms with van der Waals surface area (Å²) in [5, 5.41) is 14.2. The van der Waals surface area contributed by atoms with Crippen molar-refractivity contribution < 1.29 is 18.8 Å². The molecule has 2 aliphatic heterocycles. The van der Waals surface area contributed by atoms with Crippen LogP contribution in [0.5, 0.6) is 0 Å². The number of rotatable bonds is 4. The largest absolute Gasteiger partial charge is 0.291 e. The van der Waals surface area contributed by atoms with Gasteiger partial charge in [-0.05, 0) is 93.3 Å². The van der Waals surface area contributed by atoms with Crippen LogP contribution in [0.1, 0.15) is 45.7 Å². The van der Waals surface area contributed by atoms with E-state index in [9.17, 15) is 18.8 Å². The molecule has 4 rings (SSSR count). The molecule has 1 saturated heterocycles. The molecule has 4 nitrogen and oxygen atoms in total. The van der Waals surface area contributed by atoms with Crippen molar-refractivity contribution in [2.75, 3.05) is 19.6 Å². The molecule has 0 atom stereocenters. The average Bonchev–Trinajstić information content (AvgIpc) is 2.92. The van der Waals surface area contributed by atoms with Crippen molar-refractivity contribution in [1.82, 2.24) is 9.96 Å². The summed E-state index contributed by atoms with van der Waals surface area (Å²) < 4.78 is 26.8. The zero-order valence-corrected chi connectivity index (χ0v) is 20.9. The first-order valence-electron chi connectivity index (χ1n) is 11.8. The molecule has 0 spiro atoms. The number of carbonyl (C=O) groups is 1. The first-order valence-corrected chi connectivity index (χ1v) is 11.8. The van der Waals surface area contributed by atoms with Gasteiger partial charge in [0.25, 0.3) is 0 Å². The highest BCUT2D eigenvalue weighted by Crippen LogP contribution is 2.44. The van der Waals surface area contributed by atoms with Crippen LogP contribution in [0, 0.1) is 11.6 Å². The van der Waals surface area contributed by atoms with Crippen LogP contribution < -0.4 is 0 Å². The Morgan fingerprint density at radius 3 is 1.60 bits per heavy atom. The van der Waals surface area contributed by atoms with Crippen LogP contribution in [0.2, 0.25) is 0 Å². The van der Waals surface area contributed by atoms with Gasteiger partial charge in [-0.3, -0.25) is 9.69 Å². The van der Waals surface area contributed by atoms with E-state index in [-0.39, 0.29) is 17.4 Å². The highest BCUT2D eigenvalue weighted by atomic mass is 19.1. The second-order valence-electron chi connectivity index (χ2n) is 10.4. The molecular weight excluding hydrogens is 446 g/mol. The smallest absolute Gasteiger partial charge is 0.187 e. The van der Waals surface area contributed by atoms with Crippen LogP contribution in [0.4, 0.5) is 8.78 Å². The van der Waals surface area contributed by atoms with Crippen molar-refractivity contribution >= 4 is 17.9 Å². The minimum Gasteiger partial charge on any atom is -0.291 e. The number of piperidine rings is 1. The van der Waals surface area contributed by atoms with Gasteiger partial charge in [0.1, 0.15) is 11.6 Å². The van der Waals surface area contributed by atoms with Crippen molar-refractivity contribution in [2.45, 2.75) is 45.7 Å². The Morgan fingerprint density at radius 1 is 0.800 bits per heavy atom. The predicted octanol–water partition coefficient (Wildman–Crippen LogP) is 5.85. The number of ketones is 1. The van der Waals surface area contributed by atoms with E-state index in [1.165, 1.54) is 24.3 Å². The fraction of sp³-hybridized carbons (Fsp3) is 0.345. The quantitative estimate of drug-likeness (QED) is 0.410. The van der Waals surface area contributed by atoms with E-state index < -0.39 is 11.1 Å². The monoisotopic (exact) mass is 477 g/mol. The summed E-state index contributed by atoms with van der Waals surface area (Å²) in [7, 11) is 0. The number of halogens is 2. The molecule has 0 saturated carbocycles. The Bertz CT molecular complexity index is 1150. The van der Waals surface area contributed by atoms with E-state index in [4.69, 9.17) is 0 Å². The van der Waals surface area contributed by atoms with Gasteiger partial charge in [-0.1, -0.05) is 24.3 Å². The maximum Gasteiger partial charge on any atom is 0.187 e. The van der Waals surface area contributed by atoms with Crippen LogP contribution in [-0.2, 0) is 10.0 Å². The summed E-state index contributed by atoms with van der Waals surface area (Å²) in [6, 6.07) is 12.0. The van der Waals surface area contributed by atoms with E-state index >= 15 is 0 Å². The molecule has 2 aromatic carbocycles. The van der Waals surface area contributed by atoms with Crippen molar-refractivity contribution in [2.24, 2.45) is 0 Å². The minimum atomic E-state index is -0.670. The maximum atomic E-state index is 13.4. The van der Waals surface area contributed by atoms with Gasteiger partial charge in [0.05, 0.1) is 11.1 Å². The highest BCUT2D eigenvalue weighted by Gasteiger charge is 2.50. The second-order valence-corrected chi connectivity index (χ2v) is 10.4. The van der Waals surface area contributed by atoms with Crippen LogP contribution in [-0.4, -0.2) is 46.5 Å². The number of hydrogen-bond acceptors (Lipinski definition) is 3. The van der Waals surface area contributed by atoms with Crippen LogP contribution in [0.3, 0.4) is 0 Å². The molecule has 0 aromatic heterocycles. The summed E-state index contributed by atoms with van der Waals surface area (Å²) >= 11 is 0. The highest BCUT2D eigenvalue weighted by molar-refractivity contribution is 6.14. The number of carbonyl (C=O) groups excluding carboxylic acids is 1. The van der Waals surface area contributed by atoms with Gasteiger partial charge in [0.2, 0.25) is 0 Å². The van der Waals surface area contributed by atoms with Gasteiger partial charge in [-0.25, -0.2) is 8.78 Å². The first kappa shape index (κ1) is 25.2. The van der Waals surface area contributed by atoms with Crippen LogP contribution in [0.15, 0.2) is 70.8 Å². The molecule has 1 radical (unpaired) electrons. The third-order valence-corrected chi connectivity index (χ3v) is 7.30.